The minimum absolute atomic E-state index is 0.0427. The molecule has 0 bridgehead atoms. The molecule has 0 amide bonds. The summed E-state index contributed by atoms with van der Waals surface area (Å²) in [7, 11) is 1.48. The molecule has 1 aliphatic heterocycles. The van der Waals surface area contributed by atoms with Crippen LogP contribution in [-0.4, -0.2) is 35.3 Å². The van der Waals surface area contributed by atoms with Crippen molar-refractivity contribution in [3.05, 3.63) is 70.3 Å². The molecule has 34 heavy (non-hydrogen) atoms. The van der Waals surface area contributed by atoms with E-state index >= 15 is 0 Å². The molecule has 1 atom stereocenters. The van der Waals surface area contributed by atoms with Crippen LogP contribution in [0.5, 0.6) is 5.75 Å². The Morgan fingerprint density at radius 1 is 1.29 bits per heavy atom. The molecule has 1 fully saturated rings. The lowest BCUT2D eigenvalue weighted by molar-refractivity contribution is 0.186. The molecule has 3 N–H and O–H groups in total. The van der Waals surface area contributed by atoms with Crippen molar-refractivity contribution in [3.8, 4) is 5.75 Å². The van der Waals surface area contributed by atoms with Crippen LogP contribution in [0.3, 0.4) is 0 Å². The van der Waals surface area contributed by atoms with Gasteiger partial charge in [-0.05, 0) is 47.9 Å². The van der Waals surface area contributed by atoms with Gasteiger partial charge in [-0.2, -0.15) is 0 Å². The summed E-state index contributed by atoms with van der Waals surface area (Å²) in [5.74, 6) is 0.588. The highest BCUT2D eigenvalue weighted by Gasteiger charge is 2.46. The molecular weight excluding hydrogens is 475 g/mol. The maximum Gasteiger partial charge on any atom is 0.152 e. The van der Waals surface area contributed by atoms with Crippen molar-refractivity contribution in [1.82, 2.24) is 9.97 Å². The summed E-state index contributed by atoms with van der Waals surface area (Å²) in [5.41, 5.74) is 9.87. The van der Waals surface area contributed by atoms with E-state index < -0.39 is 5.82 Å². The van der Waals surface area contributed by atoms with E-state index in [1.165, 1.54) is 42.1 Å². The highest BCUT2D eigenvalue weighted by atomic mass is 35.5. The fraction of sp³-hybridized carbons (Fsp3) is 0.360. The van der Waals surface area contributed by atoms with Crippen molar-refractivity contribution < 1.29 is 14.2 Å². The van der Waals surface area contributed by atoms with E-state index in [-0.39, 0.29) is 23.1 Å². The Balaban J connectivity index is 1.34. The van der Waals surface area contributed by atoms with E-state index in [2.05, 4.69) is 39.1 Å². The van der Waals surface area contributed by atoms with Crippen LogP contribution in [0.4, 0.5) is 10.2 Å². The third-order valence-corrected chi connectivity index (χ3v) is 8.20. The second-order valence-electron chi connectivity index (χ2n) is 8.86. The van der Waals surface area contributed by atoms with Crippen molar-refractivity contribution >= 4 is 29.2 Å². The predicted molar refractivity (Wildman–Crippen MR) is 131 cm³/mol. The minimum atomic E-state index is -0.463. The maximum atomic E-state index is 13.9. The summed E-state index contributed by atoms with van der Waals surface area (Å²) in [6, 6.07) is 11.1. The van der Waals surface area contributed by atoms with Crippen LogP contribution in [0.2, 0.25) is 5.02 Å². The van der Waals surface area contributed by atoms with E-state index in [0.29, 0.717) is 27.2 Å². The zero-order chi connectivity index (χ0) is 23.9. The molecule has 0 unspecified atom stereocenters. The van der Waals surface area contributed by atoms with Crippen molar-refractivity contribution in [1.29, 1.82) is 0 Å². The number of piperidine rings is 1. The number of nitrogens with zero attached hydrogens (tertiary/aromatic N) is 3. The van der Waals surface area contributed by atoms with Crippen LogP contribution >= 0.6 is 23.4 Å². The fourth-order valence-electron chi connectivity index (χ4n) is 5.21. The monoisotopic (exact) mass is 500 g/mol. The zero-order valence-corrected chi connectivity index (χ0v) is 20.4. The molecule has 6 nitrogen and oxygen atoms in total. The van der Waals surface area contributed by atoms with Gasteiger partial charge in [0.2, 0.25) is 0 Å². The van der Waals surface area contributed by atoms with Gasteiger partial charge in [-0.1, -0.05) is 47.6 Å². The number of hydrogen-bond donors (Lipinski definition) is 2. The molecule has 9 heteroatoms. The second-order valence-corrected chi connectivity index (χ2v) is 10.3. The molecule has 0 radical (unpaired) electrons. The largest absolute Gasteiger partial charge is 0.494 e. The van der Waals surface area contributed by atoms with Gasteiger partial charge in [-0.15, -0.1) is 0 Å². The van der Waals surface area contributed by atoms with Gasteiger partial charge < -0.3 is 20.5 Å². The first-order valence-corrected chi connectivity index (χ1v) is 12.4. The van der Waals surface area contributed by atoms with Crippen molar-refractivity contribution in [2.24, 2.45) is 11.1 Å². The lowest BCUT2D eigenvalue weighted by atomic mass is 9.73. The zero-order valence-electron chi connectivity index (χ0n) is 18.8. The summed E-state index contributed by atoms with van der Waals surface area (Å²) in [6.07, 6.45) is 4.54. The van der Waals surface area contributed by atoms with Gasteiger partial charge in [-0.3, -0.25) is 0 Å². The number of hydrogen-bond acceptors (Lipinski definition) is 7. The Morgan fingerprint density at radius 3 is 2.76 bits per heavy atom. The number of nitrogens with two attached hydrogens (primary N) is 1. The van der Waals surface area contributed by atoms with Crippen molar-refractivity contribution in [3.63, 3.8) is 0 Å². The van der Waals surface area contributed by atoms with E-state index in [4.69, 9.17) is 22.1 Å². The molecule has 5 rings (SSSR count). The number of anilines is 1. The number of ether oxygens (including phenoxy) is 1. The van der Waals surface area contributed by atoms with Crippen LogP contribution in [0.1, 0.15) is 35.7 Å². The Morgan fingerprint density at radius 2 is 2.06 bits per heavy atom. The molecule has 0 saturated carbocycles. The summed E-state index contributed by atoms with van der Waals surface area (Å²) < 4.78 is 19.2. The maximum absolute atomic E-state index is 13.9. The molecule has 2 aliphatic rings. The highest BCUT2D eigenvalue weighted by molar-refractivity contribution is 7.99. The lowest BCUT2D eigenvalue weighted by Crippen LogP contribution is -2.45. The summed E-state index contributed by atoms with van der Waals surface area (Å²) in [4.78, 5) is 11.9. The van der Waals surface area contributed by atoms with Gasteiger partial charge in [0.05, 0.1) is 29.8 Å². The second kappa shape index (κ2) is 9.34. The van der Waals surface area contributed by atoms with Gasteiger partial charge >= 0.3 is 0 Å². The molecule has 1 saturated heterocycles. The standard InChI is InChI=1S/C25H26ClFN4O2S/c1-33-22-18(26)10-16(27)11-20(22)34-21-13-29-24(19(14-32)30-21)31-8-6-25(7-9-31)12-15-4-2-3-5-17(15)23(25)28/h2-5,10-11,13,23,32H,6-9,12,14,28H2,1H3/t23-/m1/s1. The fourth-order valence-corrected chi connectivity index (χ4v) is 6.50. The number of halogens is 2. The summed E-state index contributed by atoms with van der Waals surface area (Å²) in [6.45, 7) is 1.34. The summed E-state index contributed by atoms with van der Waals surface area (Å²) >= 11 is 7.30. The molecule has 2 aromatic carbocycles. The highest BCUT2D eigenvalue weighted by Crippen LogP contribution is 2.51. The van der Waals surface area contributed by atoms with Crippen LogP contribution in [0.15, 0.2) is 52.5 Å². The molecule has 1 aromatic heterocycles. The van der Waals surface area contributed by atoms with Gasteiger partial charge in [-0.25, -0.2) is 14.4 Å². The Bertz CT molecular complexity index is 1220. The van der Waals surface area contributed by atoms with E-state index in [1.807, 2.05) is 0 Å². The Hall–Kier alpha value is -2.39. The van der Waals surface area contributed by atoms with Gasteiger partial charge in [0.15, 0.2) is 11.6 Å². The van der Waals surface area contributed by atoms with E-state index in [9.17, 15) is 9.50 Å². The number of fused-ring (bicyclic) bond motifs is 1. The average Bonchev–Trinajstić information content (AvgIpc) is 3.10. The number of methoxy groups -OCH3 is 1. The number of aliphatic hydroxyl groups excluding tert-OH is 1. The molecule has 2 heterocycles. The van der Waals surface area contributed by atoms with E-state index in [1.54, 1.807) is 6.20 Å². The van der Waals surface area contributed by atoms with Gasteiger partial charge in [0, 0.05) is 19.1 Å². The molecule has 1 aliphatic carbocycles. The number of aliphatic hydroxyl groups is 1. The normalized spacial score (nSPS) is 18.9. The van der Waals surface area contributed by atoms with Crippen LogP contribution in [-0.2, 0) is 13.0 Å². The number of benzene rings is 2. The SMILES string of the molecule is COc1c(Cl)cc(F)cc1Sc1cnc(N2CCC3(CC2)Cc2ccccc2[C@H]3N)c(CO)n1. The number of aromatic nitrogens is 2. The topological polar surface area (TPSA) is 84.5 Å². The summed E-state index contributed by atoms with van der Waals surface area (Å²) in [5, 5.41) is 10.7. The Labute approximate surface area is 207 Å². The smallest absolute Gasteiger partial charge is 0.152 e. The first-order chi connectivity index (χ1) is 16.4. The third-order valence-electron chi connectivity index (χ3n) is 6.99. The lowest BCUT2D eigenvalue weighted by Gasteiger charge is -2.42. The molecule has 1 spiro atoms. The Kier molecular flexibility index (Phi) is 6.41. The number of rotatable bonds is 5. The third kappa shape index (κ3) is 4.13. The average molecular weight is 501 g/mol. The quantitative estimate of drug-likeness (QED) is 0.522. The molecule has 3 aromatic rings. The van der Waals surface area contributed by atoms with Crippen LogP contribution < -0.4 is 15.4 Å². The minimum Gasteiger partial charge on any atom is -0.494 e. The molecule has 178 valence electrons. The predicted octanol–water partition coefficient (Wildman–Crippen LogP) is 4.76. The van der Waals surface area contributed by atoms with E-state index in [0.717, 1.165) is 32.4 Å². The van der Waals surface area contributed by atoms with Crippen molar-refractivity contribution in [2.45, 2.75) is 41.8 Å². The molecular formula is C25H26ClFN4O2S. The van der Waals surface area contributed by atoms with Crippen LogP contribution in [0.25, 0.3) is 0 Å². The van der Waals surface area contributed by atoms with Gasteiger partial charge in [0.25, 0.3) is 0 Å². The van der Waals surface area contributed by atoms with Gasteiger partial charge in [0.1, 0.15) is 16.5 Å². The first kappa shape index (κ1) is 23.4. The van der Waals surface area contributed by atoms with Crippen LogP contribution in [0, 0.1) is 11.2 Å². The first-order valence-electron chi connectivity index (χ1n) is 11.2. The van der Waals surface area contributed by atoms with Crippen molar-refractivity contribution in [2.75, 3.05) is 25.1 Å².